The Kier molecular flexibility index (Phi) is 33.4. The summed E-state index contributed by atoms with van der Waals surface area (Å²) in [5, 5.41) is 49.6. The van der Waals surface area contributed by atoms with Gasteiger partial charge < -0.3 is 97.0 Å². The number of carboxylic acid groups (broad SMARTS) is 3. The van der Waals surface area contributed by atoms with E-state index in [9.17, 15) is 44.6 Å². The molecule has 4 aromatic carbocycles. The van der Waals surface area contributed by atoms with Crippen LogP contribution in [0.3, 0.4) is 0 Å². The average molecular weight is 1600 g/mol. The van der Waals surface area contributed by atoms with Crippen LogP contribution in [-0.4, -0.2) is 206 Å². The molecule has 0 amide bonds. The fraction of sp³-hybridized carbons (Fsp3) is 0.434. The van der Waals surface area contributed by atoms with Gasteiger partial charge >= 0.3 is 5.69 Å². The Morgan fingerprint density at radius 1 is 0.609 bits per heavy atom. The summed E-state index contributed by atoms with van der Waals surface area (Å²) in [6.45, 7) is 8.53. The summed E-state index contributed by atoms with van der Waals surface area (Å²) < 4.78 is 77.0. The number of nitriles is 1. The number of aromatic nitrogens is 5. The van der Waals surface area contributed by atoms with E-state index in [0.717, 1.165) is 60.9 Å². The summed E-state index contributed by atoms with van der Waals surface area (Å²) in [6.07, 6.45) is 8.54. The molecule has 0 radical (unpaired) electrons. The van der Waals surface area contributed by atoms with Gasteiger partial charge in [-0.25, -0.2) is 4.79 Å². The zero-order valence-corrected chi connectivity index (χ0v) is 67.4. The average Bonchev–Trinajstić information content (AvgIpc) is 1.81. The number of hydrogen-bond donors (Lipinski definition) is 2. The lowest BCUT2D eigenvalue weighted by Gasteiger charge is -2.36. The number of carbonyl (C=O) groups excluding carboxylic acids is 3. The number of aromatic amines is 1. The van der Waals surface area contributed by atoms with Crippen LogP contribution < -0.4 is 74.9 Å². The number of hydrogen-bond acceptors (Lipinski definition) is 30. The summed E-state index contributed by atoms with van der Waals surface area (Å²) in [5.41, 5.74) is 9.14. The van der Waals surface area contributed by atoms with Gasteiger partial charge in [-0.1, -0.05) is 31.9 Å². The predicted molar refractivity (Wildman–Crippen MR) is 421 cm³/mol. The summed E-state index contributed by atoms with van der Waals surface area (Å²) >= 11 is 1.08. The molecule has 3 N–H and O–H groups in total. The second-order valence-electron chi connectivity index (χ2n) is 27.2. The van der Waals surface area contributed by atoms with Gasteiger partial charge in [0.05, 0.1) is 152 Å². The first-order valence-corrected chi connectivity index (χ1v) is 38.3. The van der Waals surface area contributed by atoms with Crippen molar-refractivity contribution < 1.29 is 91.3 Å². The minimum atomic E-state index is -1.51. The van der Waals surface area contributed by atoms with Crippen molar-refractivity contribution in [2.24, 2.45) is 11.7 Å². The number of aromatic carboxylic acids is 3. The smallest absolute Gasteiger partial charge is 0.330 e. The Hall–Kier alpha value is -10.9. The third-order valence-electron chi connectivity index (χ3n) is 19.6. The number of H-pyrrole nitrogens is 1. The Morgan fingerprint density at radius 2 is 1.10 bits per heavy atom. The number of carbonyl (C=O) groups is 3. The molecule has 2 aliphatic heterocycles. The molecule has 2 aliphatic rings. The van der Waals surface area contributed by atoms with Crippen LogP contribution in [-0.2, 0) is 45.0 Å². The number of methoxy groups -OCH3 is 9. The molecule has 4 atom stereocenters. The van der Waals surface area contributed by atoms with Crippen LogP contribution in [0.5, 0.6) is 51.7 Å². The maximum atomic E-state index is 12.9. The van der Waals surface area contributed by atoms with Gasteiger partial charge in [-0.3, -0.25) is 44.0 Å². The van der Waals surface area contributed by atoms with Crippen LogP contribution in [0.25, 0.3) is 33.4 Å². The van der Waals surface area contributed by atoms with Gasteiger partial charge in [-0.2, -0.15) is 5.26 Å². The van der Waals surface area contributed by atoms with Crippen molar-refractivity contribution >= 4 is 29.7 Å². The van der Waals surface area contributed by atoms with Gasteiger partial charge in [0.25, 0.3) is 5.56 Å². The van der Waals surface area contributed by atoms with Crippen molar-refractivity contribution in [3.05, 3.63) is 169 Å². The number of rotatable bonds is 38. The maximum absolute atomic E-state index is 12.9. The number of unbranched alkanes of at least 4 members (excludes halogenated alkanes) is 3. The minimum Gasteiger partial charge on any atom is -0.543 e. The highest BCUT2D eigenvalue weighted by Gasteiger charge is 2.37. The lowest BCUT2D eigenvalue weighted by molar-refractivity contribution is -0.256. The lowest BCUT2D eigenvalue weighted by atomic mass is 9.97. The van der Waals surface area contributed by atoms with Crippen molar-refractivity contribution in [3.63, 3.8) is 0 Å². The van der Waals surface area contributed by atoms with Crippen LogP contribution in [0.2, 0.25) is 0 Å². The largest absolute Gasteiger partial charge is 0.543 e. The molecule has 6 heterocycles. The summed E-state index contributed by atoms with van der Waals surface area (Å²) in [5.74, 6) is -1.35. The fourth-order valence-electron chi connectivity index (χ4n) is 13.9. The first-order valence-electron chi connectivity index (χ1n) is 37.5. The van der Waals surface area contributed by atoms with Crippen molar-refractivity contribution in [1.29, 1.82) is 5.26 Å². The monoisotopic (exact) mass is 1600 g/mol. The molecule has 0 bridgehead atoms. The zero-order valence-electron chi connectivity index (χ0n) is 66.6. The molecular weight excluding hydrogens is 1510 g/mol. The van der Waals surface area contributed by atoms with E-state index in [2.05, 4.69) is 40.0 Å². The maximum Gasteiger partial charge on any atom is 0.330 e. The van der Waals surface area contributed by atoms with Crippen molar-refractivity contribution in [2.45, 2.75) is 102 Å². The molecule has 31 nitrogen and oxygen atoms in total. The predicted octanol–water partition coefficient (Wildman–Crippen LogP) is 6.73. The third-order valence-corrected chi connectivity index (χ3v) is 20.2. The van der Waals surface area contributed by atoms with Crippen molar-refractivity contribution in [3.8, 4) is 90.5 Å². The quantitative estimate of drug-likeness (QED) is 0.0175. The van der Waals surface area contributed by atoms with Gasteiger partial charge in [0.15, 0.2) is 0 Å². The molecular formula is C83H99N10O21S-3. The van der Waals surface area contributed by atoms with Crippen molar-refractivity contribution in [1.82, 2.24) is 39.2 Å². The van der Waals surface area contributed by atoms with E-state index >= 15 is 0 Å². The number of nitrogens with zero attached hydrogens (tertiary/aromatic N) is 8. The lowest BCUT2D eigenvalue weighted by Crippen LogP contribution is -2.46. The molecule has 616 valence electrons. The first kappa shape index (κ1) is 88.1. The Morgan fingerprint density at radius 3 is 1.59 bits per heavy atom. The number of aryl methyl sites for hydroxylation is 1. The number of thiocyanates is 1. The molecule has 2 saturated heterocycles. The van der Waals surface area contributed by atoms with E-state index in [1.165, 1.54) is 93.0 Å². The number of carboxylic acids is 3. The van der Waals surface area contributed by atoms with Gasteiger partial charge in [0, 0.05) is 137 Å². The molecule has 10 rings (SSSR count). The van der Waals surface area contributed by atoms with Crippen LogP contribution in [0.15, 0.2) is 118 Å². The summed E-state index contributed by atoms with van der Waals surface area (Å²) in [6, 6.07) is 25.5. The van der Waals surface area contributed by atoms with Crippen LogP contribution in [0.1, 0.15) is 111 Å². The van der Waals surface area contributed by atoms with Crippen LogP contribution in [0, 0.1) is 23.5 Å². The Balaban J connectivity index is 0.000000491. The van der Waals surface area contributed by atoms with E-state index < -0.39 is 29.8 Å². The number of thioether (sulfide) groups is 1. The number of nitrogens with one attached hydrogen (secondary N) is 1. The van der Waals surface area contributed by atoms with E-state index in [4.69, 9.17) is 67.3 Å². The molecule has 4 aromatic heterocycles. The van der Waals surface area contributed by atoms with Gasteiger partial charge in [-0.15, -0.1) is 0 Å². The highest BCUT2D eigenvalue weighted by atomic mass is 32.2. The van der Waals surface area contributed by atoms with E-state index in [1.54, 1.807) is 61.7 Å². The molecule has 2 fully saturated rings. The van der Waals surface area contributed by atoms with Gasteiger partial charge in [-0.05, 0) is 121 Å². The van der Waals surface area contributed by atoms with E-state index in [1.807, 2.05) is 31.2 Å². The molecule has 32 heteroatoms. The van der Waals surface area contributed by atoms with E-state index in [-0.39, 0.29) is 73.8 Å². The molecule has 0 spiro atoms. The van der Waals surface area contributed by atoms with Crippen LogP contribution in [0.4, 0.5) is 0 Å². The highest BCUT2D eigenvalue weighted by molar-refractivity contribution is 8.03. The second kappa shape index (κ2) is 43.6. The minimum absolute atomic E-state index is 0.104. The summed E-state index contributed by atoms with van der Waals surface area (Å²) in [4.78, 5) is 85.1. The summed E-state index contributed by atoms with van der Waals surface area (Å²) in [7, 11) is 13.4. The zero-order chi connectivity index (χ0) is 82.7. The Labute approximate surface area is 672 Å². The first-order chi connectivity index (χ1) is 55.6. The molecule has 0 aliphatic carbocycles. The standard InChI is InChI=1S/C65H71N7O16S.C18H31N3O5/c1-79-46-24-54(82-4)60(55(25-46)83-5)41-20-44(68-52(22-41)64(75)76)35-70-15-17-71(34-43-31-67-51(63(73)74)30-50(43)62-58(86-8)28-48(81-3)29-59(62)87-9)32-40(37-88-19-14-39-10-12-49(13-11-39)89-38-66)33-72(18-16-70)36-45-21-42(23-53(69-45)65(77)78)61-56(84-6)26-47(80-2)27-57(61)85-7;1-3-14-15(25-12-24-9-7-5-4-6-8-19)10-16(26-14)21-11-13(2)17(22)20-18(21)23/h10-13,20-31,40H,14-19,32-37H2,1-9H3,(H,73,74)(H,75,76)(H,77,78);11,14-16H,3-10,12,19H2,1-2H3,(H,20,22,23)/p-3/t;14-,15?,16-/m.1/s1. The van der Waals surface area contributed by atoms with Gasteiger partial charge in [0.2, 0.25) is 0 Å². The second-order valence-corrected chi connectivity index (χ2v) is 28.1. The van der Waals surface area contributed by atoms with Crippen molar-refractivity contribution in [2.75, 3.05) is 136 Å². The normalized spacial score (nSPS) is 16.0. The molecule has 0 saturated carbocycles. The number of nitrogens with two attached hydrogens (primary N) is 1. The SMILES string of the molecule is CC[C@H]1O[C@@H](n2cc(C)c(=O)[nH]c2=O)CC1OCOCCCCCCN.COc1cc(OC)c(-c2cc(CN3CCN(Cc4cc(-c5c(OC)cc(OC)cc5OC)cc(C(=O)[O-])n4)CC(COCCc4ccc(SC#N)cc4)CN(Cc4cnc(C(=O)[O-])cc4-c4c(OC)cc(OC)cc4OC)CC3)nc(C(=O)[O-])c2)c(OC)c1. The van der Waals surface area contributed by atoms with Gasteiger partial charge in [0.1, 0.15) is 70.2 Å². The molecule has 8 aromatic rings. The molecule has 115 heavy (non-hydrogen) atoms. The van der Waals surface area contributed by atoms with E-state index in [0.29, 0.717) is 173 Å². The van der Waals surface area contributed by atoms with Crippen LogP contribution >= 0.6 is 11.8 Å². The third kappa shape index (κ3) is 23.9. The number of benzene rings is 4. The highest BCUT2D eigenvalue weighted by Crippen LogP contribution is 2.46. The fourth-order valence-corrected chi connectivity index (χ4v) is 14.2. The number of pyridine rings is 3. The number of ether oxygens (including phenoxy) is 13. The molecule has 2 unspecified atom stereocenters. The topological polar surface area (TPSA) is 393 Å². The Bertz CT molecular complexity index is 4700.